The summed E-state index contributed by atoms with van der Waals surface area (Å²) in [5.41, 5.74) is 0.530. The van der Waals surface area contributed by atoms with Crippen molar-refractivity contribution in [2.24, 2.45) is 0 Å². The number of hydrogen-bond acceptors (Lipinski definition) is 4. The second-order valence-electron chi connectivity index (χ2n) is 3.33. The topological polar surface area (TPSA) is 52.6 Å². The Hall–Kier alpha value is -2.10. The second kappa shape index (κ2) is 5.84. The summed E-state index contributed by atoms with van der Waals surface area (Å²) in [6.07, 6.45) is 1.51. The van der Waals surface area contributed by atoms with E-state index in [4.69, 9.17) is 4.74 Å². The fourth-order valence-corrected chi connectivity index (χ4v) is 1.22. The Morgan fingerprint density at radius 3 is 2.53 bits per heavy atom. The molecule has 0 amide bonds. The number of ether oxygens (including phenoxy) is 2. The van der Waals surface area contributed by atoms with Crippen LogP contribution in [-0.4, -0.2) is 18.9 Å². The van der Waals surface area contributed by atoms with E-state index in [-0.39, 0.29) is 11.5 Å². The van der Waals surface area contributed by atoms with E-state index in [9.17, 15) is 9.59 Å². The van der Waals surface area contributed by atoms with Crippen LogP contribution in [0.5, 0.6) is 5.75 Å². The molecule has 0 aliphatic rings. The summed E-state index contributed by atoms with van der Waals surface area (Å²) in [5, 5.41) is 0. The zero-order valence-corrected chi connectivity index (χ0v) is 10.0. The lowest BCUT2D eigenvalue weighted by Crippen LogP contribution is -2.10. The van der Waals surface area contributed by atoms with Gasteiger partial charge >= 0.3 is 5.97 Å². The van der Waals surface area contributed by atoms with Crippen LogP contribution in [0, 0.1) is 0 Å². The van der Waals surface area contributed by atoms with Gasteiger partial charge in [0.05, 0.1) is 7.11 Å². The maximum Gasteiger partial charge on any atom is 0.373 e. The summed E-state index contributed by atoms with van der Waals surface area (Å²) in [5.74, 6) is -0.0966. The van der Waals surface area contributed by atoms with E-state index >= 15 is 0 Å². The number of hydrogen-bond donors (Lipinski definition) is 0. The zero-order chi connectivity index (χ0) is 12.8. The van der Waals surface area contributed by atoms with Gasteiger partial charge in [0.15, 0.2) is 5.78 Å². The van der Waals surface area contributed by atoms with Crippen LogP contribution < -0.4 is 4.74 Å². The SMILES string of the molecule is CC=C(Oc1cccc(C(C)=O)c1)C(=O)OC. The molecular formula is C13H14O4. The highest BCUT2D eigenvalue weighted by Gasteiger charge is 2.11. The largest absolute Gasteiger partial charge is 0.463 e. The van der Waals surface area contributed by atoms with Gasteiger partial charge in [-0.3, -0.25) is 4.79 Å². The third-order valence-corrected chi connectivity index (χ3v) is 2.12. The molecule has 4 heteroatoms. The van der Waals surface area contributed by atoms with Crippen molar-refractivity contribution in [1.82, 2.24) is 0 Å². The molecule has 1 rings (SSSR count). The number of carbonyl (C=O) groups is 2. The van der Waals surface area contributed by atoms with Crippen molar-refractivity contribution >= 4 is 11.8 Å². The van der Waals surface area contributed by atoms with Crippen LogP contribution in [0.2, 0.25) is 0 Å². The van der Waals surface area contributed by atoms with Gasteiger partial charge in [-0.25, -0.2) is 4.79 Å². The fraction of sp³-hybridized carbons (Fsp3) is 0.231. The van der Waals surface area contributed by atoms with Gasteiger partial charge in [0.2, 0.25) is 5.76 Å². The Kier molecular flexibility index (Phi) is 4.46. The van der Waals surface area contributed by atoms with Crippen LogP contribution in [0.15, 0.2) is 36.1 Å². The first kappa shape index (κ1) is 13.0. The zero-order valence-electron chi connectivity index (χ0n) is 10.0. The molecular weight excluding hydrogens is 220 g/mol. The van der Waals surface area contributed by atoms with Crippen LogP contribution in [0.4, 0.5) is 0 Å². The first-order chi connectivity index (χ1) is 8.08. The van der Waals surface area contributed by atoms with Crippen molar-refractivity contribution in [2.45, 2.75) is 13.8 Å². The van der Waals surface area contributed by atoms with Crippen molar-refractivity contribution in [3.63, 3.8) is 0 Å². The van der Waals surface area contributed by atoms with Crippen LogP contribution in [-0.2, 0) is 9.53 Å². The molecule has 0 radical (unpaired) electrons. The van der Waals surface area contributed by atoms with Gasteiger partial charge in [-0.1, -0.05) is 12.1 Å². The molecule has 1 aromatic carbocycles. The summed E-state index contributed by atoms with van der Waals surface area (Å²) in [6.45, 7) is 3.14. The summed E-state index contributed by atoms with van der Waals surface area (Å²) in [7, 11) is 1.28. The quantitative estimate of drug-likeness (QED) is 0.347. The maximum atomic E-state index is 11.3. The molecule has 0 saturated carbocycles. The smallest absolute Gasteiger partial charge is 0.373 e. The van der Waals surface area contributed by atoms with Gasteiger partial charge in [-0.05, 0) is 32.1 Å². The average Bonchev–Trinajstić information content (AvgIpc) is 2.35. The van der Waals surface area contributed by atoms with Crippen LogP contribution in [0.1, 0.15) is 24.2 Å². The number of ketones is 1. The number of rotatable bonds is 4. The molecule has 0 saturated heterocycles. The Bertz CT molecular complexity index is 460. The van der Waals surface area contributed by atoms with E-state index in [0.29, 0.717) is 11.3 Å². The van der Waals surface area contributed by atoms with Gasteiger partial charge in [0.25, 0.3) is 0 Å². The van der Waals surface area contributed by atoms with E-state index in [0.717, 1.165) is 0 Å². The van der Waals surface area contributed by atoms with Crippen molar-refractivity contribution in [3.8, 4) is 5.75 Å². The lowest BCUT2D eigenvalue weighted by atomic mass is 10.1. The standard InChI is InChI=1S/C13H14O4/c1-4-12(13(15)16-3)17-11-7-5-6-10(8-11)9(2)14/h4-8H,1-3H3. The third-order valence-electron chi connectivity index (χ3n) is 2.12. The first-order valence-electron chi connectivity index (χ1n) is 5.12. The highest BCUT2D eigenvalue weighted by atomic mass is 16.6. The van der Waals surface area contributed by atoms with E-state index in [1.54, 1.807) is 31.2 Å². The first-order valence-corrected chi connectivity index (χ1v) is 5.12. The number of esters is 1. The highest BCUT2D eigenvalue weighted by Crippen LogP contribution is 2.17. The van der Waals surface area contributed by atoms with Gasteiger partial charge in [0, 0.05) is 5.56 Å². The lowest BCUT2D eigenvalue weighted by Gasteiger charge is -2.08. The Labute approximate surface area is 99.8 Å². The van der Waals surface area contributed by atoms with Crippen molar-refractivity contribution in [2.75, 3.05) is 7.11 Å². The van der Waals surface area contributed by atoms with E-state index in [1.807, 2.05) is 0 Å². The molecule has 0 unspecified atom stereocenters. The normalized spacial score (nSPS) is 10.9. The van der Waals surface area contributed by atoms with Gasteiger partial charge in [-0.15, -0.1) is 0 Å². The van der Waals surface area contributed by atoms with Crippen LogP contribution >= 0.6 is 0 Å². The van der Waals surface area contributed by atoms with Gasteiger partial charge in [-0.2, -0.15) is 0 Å². The van der Waals surface area contributed by atoms with Crippen molar-refractivity contribution in [3.05, 3.63) is 41.7 Å². The minimum absolute atomic E-state index is 0.0597. The van der Waals surface area contributed by atoms with E-state index < -0.39 is 5.97 Å². The minimum Gasteiger partial charge on any atom is -0.463 e. The number of benzene rings is 1. The Morgan fingerprint density at radius 1 is 1.29 bits per heavy atom. The molecule has 0 bridgehead atoms. The summed E-state index contributed by atoms with van der Waals surface area (Å²) in [6, 6.07) is 6.62. The van der Waals surface area contributed by atoms with Gasteiger partial charge in [0.1, 0.15) is 5.75 Å². The molecule has 0 N–H and O–H groups in total. The third kappa shape index (κ3) is 3.45. The van der Waals surface area contributed by atoms with Gasteiger partial charge < -0.3 is 9.47 Å². The summed E-state index contributed by atoms with van der Waals surface area (Å²) in [4.78, 5) is 22.5. The molecule has 0 aromatic heterocycles. The maximum absolute atomic E-state index is 11.3. The number of methoxy groups -OCH3 is 1. The predicted molar refractivity (Wildman–Crippen MR) is 62.8 cm³/mol. The molecule has 0 fully saturated rings. The monoisotopic (exact) mass is 234 g/mol. The van der Waals surface area contributed by atoms with Crippen molar-refractivity contribution in [1.29, 1.82) is 0 Å². The number of carbonyl (C=O) groups excluding carboxylic acids is 2. The average molecular weight is 234 g/mol. The summed E-state index contributed by atoms with van der Waals surface area (Å²) < 4.78 is 9.90. The van der Waals surface area contributed by atoms with Crippen LogP contribution in [0.25, 0.3) is 0 Å². The Morgan fingerprint density at radius 2 is 2.00 bits per heavy atom. The molecule has 4 nitrogen and oxygen atoms in total. The molecule has 0 heterocycles. The molecule has 17 heavy (non-hydrogen) atoms. The predicted octanol–water partition coefficient (Wildman–Crippen LogP) is 2.34. The molecule has 0 atom stereocenters. The molecule has 0 spiro atoms. The summed E-state index contributed by atoms with van der Waals surface area (Å²) >= 11 is 0. The highest BCUT2D eigenvalue weighted by molar-refractivity contribution is 5.94. The second-order valence-corrected chi connectivity index (χ2v) is 3.33. The molecule has 0 aliphatic carbocycles. The van der Waals surface area contributed by atoms with E-state index in [1.165, 1.54) is 20.1 Å². The van der Waals surface area contributed by atoms with Crippen LogP contribution in [0.3, 0.4) is 0 Å². The lowest BCUT2D eigenvalue weighted by molar-refractivity contribution is -0.138. The number of allylic oxidation sites excluding steroid dienone is 1. The minimum atomic E-state index is -0.555. The Balaban J connectivity index is 2.91. The number of Topliss-reactive ketones (excluding diaryl/α,β-unsaturated/α-hetero) is 1. The molecule has 1 aromatic rings. The van der Waals surface area contributed by atoms with E-state index in [2.05, 4.69) is 4.74 Å². The van der Waals surface area contributed by atoms with Crippen molar-refractivity contribution < 1.29 is 19.1 Å². The molecule has 0 aliphatic heterocycles. The molecule has 90 valence electrons. The fourth-order valence-electron chi connectivity index (χ4n) is 1.22.